The number of ether oxygens (including phenoxy) is 1. The second kappa shape index (κ2) is 7.59. The molecule has 0 bridgehead atoms. The smallest absolute Gasteiger partial charge is 0.224 e. The lowest BCUT2D eigenvalue weighted by Crippen LogP contribution is -2.53. The van der Waals surface area contributed by atoms with Crippen molar-refractivity contribution in [2.75, 3.05) is 26.7 Å². The van der Waals surface area contributed by atoms with Crippen molar-refractivity contribution < 1.29 is 9.53 Å². The van der Waals surface area contributed by atoms with Gasteiger partial charge in [-0.25, -0.2) is 0 Å². The Morgan fingerprint density at radius 2 is 1.96 bits per heavy atom. The molecule has 3 heterocycles. The lowest BCUT2D eigenvalue weighted by Gasteiger charge is -2.41. The number of amides is 1. The van der Waals surface area contributed by atoms with E-state index in [2.05, 4.69) is 23.1 Å². The number of aryl methyl sites for hydroxylation is 3. The summed E-state index contributed by atoms with van der Waals surface area (Å²) in [4.78, 5) is 17.5. The molecule has 150 valence electrons. The molecule has 1 saturated heterocycles. The summed E-state index contributed by atoms with van der Waals surface area (Å²) in [6.45, 7) is 7.90. The fraction of sp³-hybridized carbons (Fsp3) is 0.545. The van der Waals surface area contributed by atoms with Crippen molar-refractivity contribution in [3.8, 4) is 5.75 Å². The maximum atomic E-state index is 13.2. The maximum absolute atomic E-state index is 13.2. The summed E-state index contributed by atoms with van der Waals surface area (Å²) in [5.41, 5.74) is 2.90. The first kappa shape index (κ1) is 19.0. The van der Waals surface area contributed by atoms with Gasteiger partial charge >= 0.3 is 0 Å². The second-order valence-corrected chi connectivity index (χ2v) is 8.35. The van der Waals surface area contributed by atoms with Crippen LogP contribution in [0, 0.1) is 13.8 Å². The van der Waals surface area contributed by atoms with E-state index in [1.807, 2.05) is 47.7 Å². The van der Waals surface area contributed by atoms with Gasteiger partial charge in [-0.1, -0.05) is 18.2 Å². The number of fused-ring (bicyclic) bond motifs is 1. The number of nitrogens with zero attached hydrogens (tertiary/aromatic N) is 4. The number of benzene rings is 1. The number of hydrogen-bond donors (Lipinski definition) is 0. The fourth-order valence-electron chi connectivity index (χ4n) is 4.33. The van der Waals surface area contributed by atoms with E-state index >= 15 is 0 Å². The van der Waals surface area contributed by atoms with Crippen molar-refractivity contribution in [3.63, 3.8) is 0 Å². The molecule has 2 aliphatic rings. The Morgan fingerprint density at radius 3 is 2.68 bits per heavy atom. The Morgan fingerprint density at radius 1 is 1.21 bits per heavy atom. The van der Waals surface area contributed by atoms with E-state index in [9.17, 15) is 4.79 Å². The van der Waals surface area contributed by atoms with Gasteiger partial charge < -0.3 is 14.5 Å². The molecule has 1 aromatic heterocycles. The highest BCUT2D eigenvalue weighted by Crippen LogP contribution is 2.35. The van der Waals surface area contributed by atoms with Crippen LogP contribution in [0.25, 0.3) is 0 Å². The quantitative estimate of drug-likeness (QED) is 0.819. The summed E-state index contributed by atoms with van der Waals surface area (Å²) in [5.74, 6) is 1.10. The van der Waals surface area contributed by atoms with Crippen LogP contribution < -0.4 is 4.74 Å². The van der Waals surface area contributed by atoms with Crippen molar-refractivity contribution in [2.45, 2.75) is 51.8 Å². The molecule has 2 aromatic rings. The minimum atomic E-state index is -0.285. The molecule has 0 aliphatic carbocycles. The topological polar surface area (TPSA) is 50.6 Å². The highest BCUT2D eigenvalue weighted by atomic mass is 16.5. The number of hydrogen-bond acceptors (Lipinski definition) is 4. The molecule has 1 fully saturated rings. The molecule has 1 spiro atoms. The summed E-state index contributed by atoms with van der Waals surface area (Å²) in [6.07, 6.45) is 2.35. The summed E-state index contributed by atoms with van der Waals surface area (Å²) < 4.78 is 8.49. The minimum Gasteiger partial charge on any atom is -0.485 e. The largest absolute Gasteiger partial charge is 0.485 e. The highest BCUT2D eigenvalue weighted by molar-refractivity contribution is 5.76. The number of carbonyl (C=O) groups is 1. The summed E-state index contributed by atoms with van der Waals surface area (Å²) in [5, 5.41) is 4.49. The van der Waals surface area contributed by atoms with Crippen LogP contribution in [-0.2, 0) is 17.9 Å². The molecule has 1 amide bonds. The average Bonchev–Trinajstić information content (AvgIpc) is 2.91. The van der Waals surface area contributed by atoms with Crippen molar-refractivity contribution in [2.24, 2.45) is 0 Å². The van der Waals surface area contributed by atoms with E-state index in [0.717, 1.165) is 48.6 Å². The SMILES string of the molecule is Cc1cc(C)n(CCC(=O)N2Cc3ccccc3OC3(CCN(C)CC3)C2)n1. The van der Waals surface area contributed by atoms with Gasteiger partial charge in [0, 0.05) is 56.7 Å². The Hall–Kier alpha value is -2.34. The standard InChI is InChI=1S/C22H30N4O2/c1-17-14-18(2)26(23-17)11-8-21(27)25-15-19-6-4-5-7-20(19)28-22(16-25)9-12-24(3)13-10-22/h4-7,14H,8-13,15-16H2,1-3H3. The third-order valence-corrected chi connectivity index (χ3v) is 6.03. The van der Waals surface area contributed by atoms with E-state index in [1.165, 1.54) is 0 Å². The fourth-order valence-corrected chi connectivity index (χ4v) is 4.33. The zero-order valence-corrected chi connectivity index (χ0v) is 17.1. The van der Waals surface area contributed by atoms with Crippen molar-refractivity contribution in [1.82, 2.24) is 19.6 Å². The van der Waals surface area contributed by atoms with Crippen molar-refractivity contribution in [1.29, 1.82) is 0 Å². The number of aromatic nitrogens is 2. The number of rotatable bonds is 3. The Labute approximate surface area is 167 Å². The van der Waals surface area contributed by atoms with E-state index < -0.39 is 0 Å². The summed E-state index contributed by atoms with van der Waals surface area (Å²) >= 11 is 0. The molecule has 4 rings (SSSR count). The predicted octanol–water partition coefficient (Wildman–Crippen LogP) is 2.78. The van der Waals surface area contributed by atoms with Crippen LogP contribution >= 0.6 is 0 Å². The molecule has 0 radical (unpaired) electrons. The zero-order valence-electron chi connectivity index (χ0n) is 17.1. The van der Waals surface area contributed by atoms with Crippen LogP contribution in [-0.4, -0.2) is 57.8 Å². The molecule has 6 heteroatoms. The van der Waals surface area contributed by atoms with Crippen LogP contribution in [0.2, 0.25) is 0 Å². The Kier molecular flexibility index (Phi) is 5.15. The van der Waals surface area contributed by atoms with Crippen molar-refractivity contribution >= 4 is 5.91 Å². The van der Waals surface area contributed by atoms with Gasteiger partial charge in [-0.05, 0) is 33.0 Å². The molecule has 1 aromatic carbocycles. The van der Waals surface area contributed by atoms with E-state index in [4.69, 9.17) is 4.74 Å². The first-order chi connectivity index (χ1) is 13.4. The van der Waals surface area contributed by atoms with Gasteiger partial charge in [-0.3, -0.25) is 9.48 Å². The van der Waals surface area contributed by atoms with Gasteiger partial charge in [0.15, 0.2) is 0 Å². The third-order valence-electron chi connectivity index (χ3n) is 6.03. The first-order valence-electron chi connectivity index (χ1n) is 10.2. The van der Waals surface area contributed by atoms with Gasteiger partial charge in [-0.2, -0.15) is 5.10 Å². The molecule has 0 N–H and O–H groups in total. The van der Waals surface area contributed by atoms with Gasteiger partial charge in [0.2, 0.25) is 5.91 Å². The van der Waals surface area contributed by atoms with Crippen LogP contribution in [0.15, 0.2) is 30.3 Å². The highest BCUT2D eigenvalue weighted by Gasteiger charge is 2.41. The van der Waals surface area contributed by atoms with Crippen molar-refractivity contribution in [3.05, 3.63) is 47.3 Å². The summed E-state index contributed by atoms with van der Waals surface area (Å²) in [6, 6.07) is 10.2. The minimum absolute atomic E-state index is 0.172. The van der Waals surface area contributed by atoms with E-state index in [1.54, 1.807) is 0 Å². The van der Waals surface area contributed by atoms with E-state index in [0.29, 0.717) is 26.1 Å². The van der Waals surface area contributed by atoms with Gasteiger partial charge in [0.1, 0.15) is 11.4 Å². The molecular weight excluding hydrogens is 352 g/mol. The van der Waals surface area contributed by atoms with E-state index in [-0.39, 0.29) is 11.5 Å². The maximum Gasteiger partial charge on any atom is 0.224 e. The molecule has 28 heavy (non-hydrogen) atoms. The second-order valence-electron chi connectivity index (χ2n) is 8.35. The van der Waals surface area contributed by atoms with Crippen LogP contribution in [0.4, 0.5) is 0 Å². The van der Waals surface area contributed by atoms with Crippen LogP contribution in [0.3, 0.4) is 0 Å². The molecule has 0 unspecified atom stereocenters. The number of likely N-dealkylation sites (tertiary alicyclic amines) is 1. The average molecular weight is 383 g/mol. The lowest BCUT2D eigenvalue weighted by atomic mass is 9.90. The number of carbonyl (C=O) groups excluding carboxylic acids is 1. The number of para-hydroxylation sites is 1. The Balaban J connectivity index is 1.53. The van der Waals surface area contributed by atoms with Gasteiger partial charge in [-0.15, -0.1) is 0 Å². The third kappa shape index (κ3) is 3.92. The first-order valence-corrected chi connectivity index (χ1v) is 10.2. The zero-order chi connectivity index (χ0) is 19.7. The summed E-state index contributed by atoms with van der Waals surface area (Å²) in [7, 11) is 2.15. The van der Waals surface area contributed by atoms with Crippen LogP contribution in [0.5, 0.6) is 5.75 Å². The number of piperidine rings is 1. The van der Waals surface area contributed by atoms with Gasteiger partial charge in [0.25, 0.3) is 0 Å². The normalized spacial score (nSPS) is 19.2. The van der Waals surface area contributed by atoms with Crippen LogP contribution in [0.1, 0.15) is 36.2 Å². The molecular formula is C22H30N4O2. The lowest BCUT2D eigenvalue weighted by molar-refractivity contribution is -0.135. The predicted molar refractivity (Wildman–Crippen MR) is 108 cm³/mol. The molecule has 0 saturated carbocycles. The Bertz CT molecular complexity index is 852. The molecule has 6 nitrogen and oxygen atoms in total. The molecule has 2 aliphatic heterocycles. The monoisotopic (exact) mass is 382 g/mol. The van der Waals surface area contributed by atoms with Gasteiger partial charge in [0.05, 0.1) is 12.2 Å². The molecule has 0 atom stereocenters.